The Bertz CT molecular complexity index is 1060. The minimum atomic E-state index is -0.231. The van der Waals surface area contributed by atoms with Crippen molar-refractivity contribution in [1.82, 2.24) is 0 Å². The van der Waals surface area contributed by atoms with Crippen LogP contribution in [0.2, 0.25) is 0 Å². The van der Waals surface area contributed by atoms with Crippen molar-refractivity contribution in [3.63, 3.8) is 0 Å². The van der Waals surface area contributed by atoms with Crippen molar-refractivity contribution in [1.29, 1.82) is 0 Å². The summed E-state index contributed by atoms with van der Waals surface area (Å²) in [5.41, 5.74) is 4.13. The molecule has 1 aliphatic rings. The summed E-state index contributed by atoms with van der Waals surface area (Å²) in [5.74, 6) is 0.466. The number of anilines is 1. The topological polar surface area (TPSA) is 37.4 Å². The Morgan fingerprint density at radius 2 is 1.34 bits per heavy atom. The standard InChI is InChI=1S/C26H27NO2/c1-16(2)13-18-11-12-20(14-17(3)4)23(15-18)27-25(28)21-9-5-7-19-8-6-10-22(24(19)21)26(27)29/h5-12,15-17H,13-14H2,1-4H3. The number of benzene rings is 3. The Hall–Kier alpha value is -2.94. The van der Waals surface area contributed by atoms with Crippen LogP contribution in [-0.4, -0.2) is 11.8 Å². The first-order chi connectivity index (χ1) is 13.9. The summed E-state index contributed by atoms with van der Waals surface area (Å²) in [6, 6.07) is 17.6. The van der Waals surface area contributed by atoms with E-state index in [0.29, 0.717) is 23.0 Å². The van der Waals surface area contributed by atoms with Crippen molar-refractivity contribution in [3.05, 3.63) is 76.9 Å². The summed E-state index contributed by atoms with van der Waals surface area (Å²) in [5, 5.41) is 1.70. The highest BCUT2D eigenvalue weighted by Gasteiger charge is 2.35. The van der Waals surface area contributed by atoms with Gasteiger partial charge in [0.1, 0.15) is 0 Å². The summed E-state index contributed by atoms with van der Waals surface area (Å²) in [7, 11) is 0. The molecule has 0 aromatic heterocycles. The zero-order valence-corrected chi connectivity index (χ0v) is 17.5. The summed E-state index contributed by atoms with van der Waals surface area (Å²) in [6.45, 7) is 8.66. The molecule has 3 heteroatoms. The minimum Gasteiger partial charge on any atom is -0.268 e. The van der Waals surface area contributed by atoms with Crippen LogP contribution < -0.4 is 4.90 Å². The Morgan fingerprint density at radius 3 is 1.90 bits per heavy atom. The number of nitrogens with zero attached hydrogens (tertiary/aromatic N) is 1. The molecule has 1 heterocycles. The Balaban J connectivity index is 1.90. The third-order valence-corrected chi connectivity index (χ3v) is 5.43. The molecular weight excluding hydrogens is 358 g/mol. The van der Waals surface area contributed by atoms with Crippen molar-refractivity contribution in [2.45, 2.75) is 40.5 Å². The zero-order chi connectivity index (χ0) is 20.7. The first-order valence-corrected chi connectivity index (χ1v) is 10.4. The molecule has 0 radical (unpaired) electrons. The van der Waals surface area contributed by atoms with Crippen LogP contribution in [0.1, 0.15) is 59.5 Å². The molecule has 0 fully saturated rings. The van der Waals surface area contributed by atoms with E-state index >= 15 is 0 Å². The molecule has 0 spiro atoms. The molecule has 0 atom stereocenters. The number of amides is 2. The van der Waals surface area contributed by atoms with Crippen LogP contribution in [0.4, 0.5) is 5.69 Å². The normalized spacial score (nSPS) is 13.8. The van der Waals surface area contributed by atoms with Gasteiger partial charge >= 0.3 is 0 Å². The van der Waals surface area contributed by atoms with Crippen LogP contribution >= 0.6 is 0 Å². The second kappa shape index (κ2) is 7.47. The van der Waals surface area contributed by atoms with Crippen LogP contribution in [0.25, 0.3) is 10.8 Å². The van der Waals surface area contributed by atoms with Crippen molar-refractivity contribution < 1.29 is 9.59 Å². The quantitative estimate of drug-likeness (QED) is 0.502. The molecule has 0 bridgehead atoms. The van der Waals surface area contributed by atoms with E-state index in [9.17, 15) is 9.59 Å². The molecule has 3 aromatic rings. The predicted molar refractivity (Wildman–Crippen MR) is 119 cm³/mol. The van der Waals surface area contributed by atoms with Crippen molar-refractivity contribution >= 4 is 28.3 Å². The monoisotopic (exact) mass is 385 g/mol. The first-order valence-electron chi connectivity index (χ1n) is 10.4. The summed E-state index contributed by atoms with van der Waals surface area (Å²) < 4.78 is 0. The van der Waals surface area contributed by atoms with E-state index in [2.05, 4.69) is 39.8 Å². The van der Waals surface area contributed by atoms with Gasteiger partial charge in [-0.05, 0) is 59.4 Å². The number of hydrogen-bond acceptors (Lipinski definition) is 2. The highest BCUT2D eigenvalue weighted by Crippen LogP contribution is 2.35. The van der Waals surface area contributed by atoms with Gasteiger partial charge in [-0.3, -0.25) is 9.59 Å². The molecule has 3 nitrogen and oxygen atoms in total. The van der Waals surface area contributed by atoms with Gasteiger partial charge in [-0.15, -0.1) is 0 Å². The van der Waals surface area contributed by atoms with E-state index in [0.717, 1.165) is 40.4 Å². The largest absolute Gasteiger partial charge is 0.268 e. The lowest BCUT2D eigenvalue weighted by atomic mass is 9.91. The maximum absolute atomic E-state index is 13.5. The van der Waals surface area contributed by atoms with Gasteiger partial charge in [-0.25, -0.2) is 4.90 Å². The molecule has 148 valence electrons. The maximum atomic E-state index is 13.5. The molecule has 0 aliphatic carbocycles. The molecule has 29 heavy (non-hydrogen) atoms. The van der Waals surface area contributed by atoms with Crippen LogP contribution in [0, 0.1) is 11.8 Å². The lowest BCUT2D eigenvalue weighted by Crippen LogP contribution is -2.41. The van der Waals surface area contributed by atoms with E-state index < -0.39 is 0 Å². The lowest BCUT2D eigenvalue weighted by molar-refractivity contribution is 0.0893. The van der Waals surface area contributed by atoms with E-state index in [-0.39, 0.29) is 11.8 Å². The van der Waals surface area contributed by atoms with Gasteiger partial charge in [0.25, 0.3) is 11.8 Å². The van der Waals surface area contributed by atoms with E-state index in [4.69, 9.17) is 0 Å². The molecule has 0 unspecified atom stereocenters. The Kier molecular flexibility index (Phi) is 4.99. The number of carbonyl (C=O) groups excluding carboxylic acids is 2. The van der Waals surface area contributed by atoms with E-state index in [1.165, 1.54) is 4.90 Å². The molecule has 1 aliphatic heterocycles. The highest BCUT2D eigenvalue weighted by atomic mass is 16.2. The summed E-state index contributed by atoms with van der Waals surface area (Å²) in [6.07, 6.45) is 1.73. The number of imide groups is 1. The third kappa shape index (κ3) is 3.46. The van der Waals surface area contributed by atoms with Crippen LogP contribution in [0.15, 0.2) is 54.6 Å². The molecule has 4 rings (SSSR count). The van der Waals surface area contributed by atoms with Crippen molar-refractivity contribution in [2.75, 3.05) is 4.90 Å². The number of carbonyl (C=O) groups is 2. The Labute approximate surface area is 172 Å². The average Bonchev–Trinajstić information content (AvgIpc) is 2.67. The van der Waals surface area contributed by atoms with E-state index in [1.54, 1.807) is 0 Å². The van der Waals surface area contributed by atoms with Crippen LogP contribution in [0.3, 0.4) is 0 Å². The lowest BCUT2D eigenvalue weighted by Gasteiger charge is -2.29. The van der Waals surface area contributed by atoms with Crippen LogP contribution in [-0.2, 0) is 12.8 Å². The van der Waals surface area contributed by atoms with Gasteiger partial charge in [0.2, 0.25) is 0 Å². The van der Waals surface area contributed by atoms with Crippen molar-refractivity contribution in [2.24, 2.45) is 11.8 Å². The second-order valence-electron chi connectivity index (χ2n) is 8.81. The molecule has 2 amide bonds. The maximum Gasteiger partial charge on any atom is 0.265 e. The summed E-state index contributed by atoms with van der Waals surface area (Å²) >= 11 is 0. The fourth-order valence-corrected chi connectivity index (χ4v) is 4.28. The van der Waals surface area contributed by atoms with E-state index in [1.807, 2.05) is 42.5 Å². The Morgan fingerprint density at radius 1 is 0.759 bits per heavy atom. The molecule has 0 saturated carbocycles. The van der Waals surface area contributed by atoms with Crippen LogP contribution in [0.5, 0.6) is 0 Å². The highest BCUT2D eigenvalue weighted by molar-refractivity contribution is 6.36. The predicted octanol–water partition coefficient (Wildman–Crippen LogP) is 6.04. The first kappa shape index (κ1) is 19.4. The zero-order valence-electron chi connectivity index (χ0n) is 17.5. The summed E-state index contributed by atoms with van der Waals surface area (Å²) in [4.78, 5) is 28.4. The molecule has 3 aromatic carbocycles. The van der Waals surface area contributed by atoms with Gasteiger partial charge in [0, 0.05) is 16.5 Å². The van der Waals surface area contributed by atoms with Crippen molar-refractivity contribution in [3.8, 4) is 0 Å². The number of hydrogen-bond donors (Lipinski definition) is 0. The minimum absolute atomic E-state index is 0.231. The van der Waals surface area contributed by atoms with Gasteiger partial charge in [0.15, 0.2) is 0 Å². The average molecular weight is 386 g/mol. The van der Waals surface area contributed by atoms with Gasteiger partial charge in [-0.2, -0.15) is 0 Å². The van der Waals surface area contributed by atoms with Gasteiger partial charge in [0.05, 0.1) is 5.69 Å². The van der Waals surface area contributed by atoms with Gasteiger partial charge in [-0.1, -0.05) is 64.1 Å². The fraction of sp³-hybridized carbons (Fsp3) is 0.308. The second-order valence-corrected chi connectivity index (χ2v) is 8.81. The molecular formula is C26H27NO2. The molecule has 0 saturated heterocycles. The SMILES string of the molecule is CC(C)Cc1ccc(CC(C)C)c(N2C(=O)c3cccc4cccc(c34)C2=O)c1. The smallest absolute Gasteiger partial charge is 0.265 e. The number of rotatable bonds is 5. The fourth-order valence-electron chi connectivity index (χ4n) is 4.28. The van der Waals surface area contributed by atoms with Gasteiger partial charge < -0.3 is 0 Å². The molecule has 0 N–H and O–H groups in total. The third-order valence-electron chi connectivity index (χ3n) is 5.43.